The Kier molecular flexibility index (Phi) is 3.98. The maximum absolute atomic E-state index is 11.5. The zero-order chi connectivity index (χ0) is 13.2. The first-order valence-corrected chi connectivity index (χ1v) is 8.45. The van der Waals surface area contributed by atoms with Crippen LogP contribution in [0.3, 0.4) is 0 Å². The van der Waals surface area contributed by atoms with Gasteiger partial charge in [0.05, 0.1) is 0 Å². The molecule has 1 aliphatic heterocycles. The molecule has 3 rings (SSSR count). The maximum Gasteiger partial charge on any atom is 0.127 e. The number of hydrogen-bond acceptors (Lipinski definition) is 2. The monoisotopic (exact) mass is 263 g/mol. The summed E-state index contributed by atoms with van der Waals surface area (Å²) in [5.41, 5.74) is 0.718. The number of carbonyl (C=O) groups is 1. The van der Waals surface area contributed by atoms with Crippen LogP contribution in [0.25, 0.3) is 0 Å². The van der Waals surface area contributed by atoms with E-state index in [1.54, 1.807) is 0 Å². The van der Waals surface area contributed by atoms with E-state index in [0.29, 0.717) is 5.41 Å². The molecule has 2 aliphatic carbocycles. The molecule has 0 aromatic rings. The van der Waals surface area contributed by atoms with Crippen LogP contribution in [0, 0.1) is 10.8 Å². The van der Waals surface area contributed by atoms with E-state index in [1.807, 2.05) is 0 Å². The van der Waals surface area contributed by atoms with Gasteiger partial charge in [-0.3, -0.25) is 0 Å². The first-order valence-electron chi connectivity index (χ1n) is 8.45. The van der Waals surface area contributed by atoms with Gasteiger partial charge in [0.1, 0.15) is 6.29 Å². The summed E-state index contributed by atoms with van der Waals surface area (Å²) in [5.74, 6) is 0. The number of hydrogen-bond donors (Lipinski definition) is 0. The van der Waals surface area contributed by atoms with Crippen molar-refractivity contribution >= 4 is 6.29 Å². The van der Waals surface area contributed by atoms with Crippen LogP contribution in [-0.4, -0.2) is 30.8 Å². The molecule has 108 valence electrons. The molecule has 2 heteroatoms. The fraction of sp³-hybridized carbons (Fsp3) is 0.941. The fourth-order valence-electron chi connectivity index (χ4n) is 4.82. The number of likely N-dealkylation sites (tertiary alicyclic amines) is 1. The molecule has 0 bridgehead atoms. The van der Waals surface area contributed by atoms with E-state index in [-0.39, 0.29) is 5.41 Å². The minimum Gasteiger partial charge on any atom is -0.303 e. The molecule has 1 spiro atoms. The summed E-state index contributed by atoms with van der Waals surface area (Å²) in [7, 11) is 0. The molecular weight excluding hydrogens is 234 g/mol. The van der Waals surface area contributed by atoms with Crippen molar-refractivity contribution in [2.45, 2.75) is 70.6 Å². The molecule has 0 atom stereocenters. The van der Waals surface area contributed by atoms with Gasteiger partial charge in [0.25, 0.3) is 0 Å². The number of rotatable bonds is 3. The molecule has 0 radical (unpaired) electrons. The van der Waals surface area contributed by atoms with Crippen LogP contribution in [-0.2, 0) is 4.79 Å². The lowest BCUT2D eigenvalue weighted by molar-refractivity contribution is -0.117. The van der Waals surface area contributed by atoms with Gasteiger partial charge in [-0.05, 0) is 57.0 Å². The Labute approximate surface area is 117 Å². The van der Waals surface area contributed by atoms with Crippen LogP contribution in [0.4, 0.5) is 0 Å². The Morgan fingerprint density at radius 1 is 0.789 bits per heavy atom. The summed E-state index contributed by atoms with van der Waals surface area (Å²) in [6.07, 6.45) is 16.2. The van der Waals surface area contributed by atoms with Gasteiger partial charge in [-0.25, -0.2) is 0 Å². The molecule has 0 aromatic heterocycles. The van der Waals surface area contributed by atoms with Crippen LogP contribution in [0.5, 0.6) is 0 Å². The van der Waals surface area contributed by atoms with Gasteiger partial charge in [0.2, 0.25) is 0 Å². The van der Waals surface area contributed by atoms with E-state index in [1.165, 1.54) is 77.2 Å². The van der Waals surface area contributed by atoms with E-state index in [2.05, 4.69) is 4.90 Å². The quantitative estimate of drug-likeness (QED) is 0.722. The van der Waals surface area contributed by atoms with Crippen molar-refractivity contribution in [1.82, 2.24) is 4.90 Å². The molecule has 1 heterocycles. The van der Waals surface area contributed by atoms with Crippen molar-refractivity contribution in [2.24, 2.45) is 10.8 Å². The van der Waals surface area contributed by atoms with Crippen molar-refractivity contribution in [3.63, 3.8) is 0 Å². The highest BCUT2D eigenvalue weighted by Gasteiger charge is 2.39. The van der Waals surface area contributed by atoms with Crippen LogP contribution in [0.15, 0.2) is 0 Å². The Morgan fingerprint density at radius 2 is 1.37 bits per heavy atom. The summed E-state index contributed by atoms with van der Waals surface area (Å²) in [5, 5.41) is 0. The first-order chi connectivity index (χ1) is 9.26. The average molecular weight is 263 g/mol. The highest BCUT2D eigenvalue weighted by Crippen LogP contribution is 2.45. The predicted octanol–water partition coefficient (Wildman–Crippen LogP) is 3.79. The average Bonchev–Trinajstić information content (AvgIpc) is 2.92. The van der Waals surface area contributed by atoms with E-state index in [0.717, 1.165) is 19.4 Å². The molecule has 0 amide bonds. The van der Waals surface area contributed by atoms with Crippen molar-refractivity contribution in [1.29, 1.82) is 0 Å². The normalized spacial score (nSPS) is 30.5. The summed E-state index contributed by atoms with van der Waals surface area (Å²) in [4.78, 5) is 14.1. The molecule has 0 unspecified atom stereocenters. The second-order valence-corrected chi connectivity index (χ2v) is 7.52. The van der Waals surface area contributed by atoms with E-state index in [4.69, 9.17) is 0 Å². The number of aldehydes is 1. The molecule has 0 N–H and O–H groups in total. The molecule has 2 nitrogen and oxygen atoms in total. The summed E-state index contributed by atoms with van der Waals surface area (Å²) in [6, 6.07) is 0. The highest BCUT2D eigenvalue weighted by molar-refractivity contribution is 5.60. The molecule has 0 aromatic carbocycles. The number of piperidine rings is 1. The van der Waals surface area contributed by atoms with Gasteiger partial charge in [-0.15, -0.1) is 0 Å². The van der Waals surface area contributed by atoms with Gasteiger partial charge in [-0.1, -0.05) is 32.1 Å². The molecule has 3 aliphatic rings. The van der Waals surface area contributed by atoms with E-state index < -0.39 is 0 Å². The van der Waals surface area contributed by atoms with Crippen LogP contribution in [0.2, 0.25) is 0 Å². The smallest absolute Gasteiger partial charge is 0.127 e. The third-order valence-electron chi connectivity index (χ3n) is 6.22. The van der Waals surface area contributed by atoms with Crippen LogP contribution >= 0.6 is 0 Å². The lowest BCUT2D eigenvalue weighted by atomic mass is 9.68. The van der Waals surface area contributed by atoms with Gasteiger partial charge in [0, 0.05) is 12.0 Å². The van der Waals surface area contributed by atoms with Gasteiger partial charge in [0.15, 0.2) is 0 Å². The fourth-order valence-corrected chi connectivity index (χ4v) is 4.82. The largest absolute Gasteiger partial charge is 0.303 e. The lowest BCUT2D eigenvalue weighted by Crippen LogP contribution is -2.45. The Morgan fingerprint density at radius 3 is 1.95 bits per heavy atom. The lowest BCUT2D eigenvalue weighted by Gasteiger charge is -2.45. The predicted molar refractivity (Wildman–Crippen MR) is 78.2 cm³/mol. The maximum atomic E-state index is 11.5. The Bertz CT molecular complexity index is 303. The summed E-state index contributed by atoms with van der Waals surface area (Å²) in [6.45, 7) is 3.54. The third-order valence-corrected chi connectivity index (χ3v) is 6.22. The summed E-state index contributed by atoms with van der Waals surface area (Å²) >= 11 is 0. The van der Waals surface area contributed by atoms with Crippen molar-refractivity contribution < 1.29 is 4.79 Å². The Balaban J connectivity index is 1.53. The summed E-state index contributed by atoms with van der Waals surface area (Å²) < 4.78 is 0. The second kappa shape index (κ2) is 5.55. The van der Waals surface area contributed by atoms with Gasteiger partial charge < -0.3 is 9.69 Å². The topological polar surface area (TPSA) is 20.3 Å². The van der Waals surface area contributed by atoms with Crippen molar-refractivity contribution in [3.8, 4) is 0 Å². The zero-order valence-electron chi connectivity index (χ0n) is 12.3. The van der Waals surface area contributed by atoms with E-state index >= 15 is 0 Å². The molecular formula is C17H29NO. The SMILES string of the molecule is O=CC1(CN2CCC3(CCCCC3)CC2)CCCC1. The number of carbonyl (C=O) groups excluding carboxylic acids is 1. The molecule has 1 saturated heterocycles. The Hall–Kier alpha value is -0.370. The minimum absolute atomic E-state index is 0.0249. The van der Waals surface area contributed by atoms with Crippen molar-refractivity contribution in [3.05, 3.63) is 0 Å². The van der Waals surface area contributed by atoms with Crippen LogP contribution in [0.1, 0.15) is 70.6 Å². The van der Waals surface area contributed by atoms with Gasteiger partial charge >= 0.3 is 0 Å². The highest BCUT2D eigenvalue weighted by atomic mass is 16.1. The van der Waals surface area contributed by atoms with Gasteiger partial charge in [-0.2, -0.15) is 0 Å². The standard InChI is InChI=1S/C17H29NO/c19-15-17(8-4-5-9-17)14-18-12-10-16(11-13-18)6-2-1-3-7-16/h15H,1-14H2. The molecule has 19 heavy (non-hydrogen) atoms. The minimum atomic E-state index is 0.0249. The number of nitrogens with zero attached hydrogens (tertiary/aromatic N) is 1. The molecule has 2 saturated carbocycles. The third kappa shape index (κ3) is 2.89. The second-order valence-electron chi connectivity index (χ2n) is 7.52. The molecule has 3 fully saturated rings. The zero-order valence-corrected chi connectivity index (χ0v) is 12.3. The first kappa shape index (κ1) is 13.6. The van der Waals surface area contributed by atoms with Crippen LogP contribution < -0.4 is 0 Å². The van der Waals surface area contributed by atoms with Crippen molar-refractivity contribution in [2.75, 3.05) is 19.6 Å². The van der Waals surface area contributed by atoms with E-state index in [9.17, 15) is 4.79 Å².